The van der Waals surface area contributed by atoms with Crippen LogP contribution in [0.1, 0.15) is 29.5 Å². The molecule has 0 aromatic heterocycles. The fraction of sp³-hybridized carbons (Fsp3) is 0.179. The summed E-state index contributed by atoms with van der Waals surface area (Å²) in [5.41, 5.74) is 3.69. The zero-order valence-corrected chi connectivity index (χ0v) is 17.0. The smallest absolute Gasteiger partial charge is 0.126 e. The fourth-order valence-electron chi connectivity index (χ4n) is 4.01. The van der Waals surface area contributed by atoms with E-state index in [1.54, 1.807) is 0 Å². The molecule has 0 bridgehead atoms. The van der Waals surface area contributed by atoms with E-state index in [-0.39, 0.29) is 6.10 Å². The number of hydrogen-bond donors (Lipinski definition) is 0. The van der Waals surface area contributed by atoms with Crippen LogP contribution < -0.4 is 9.47 Å². The Morgan fingerprint density at radius 3 is 2.57 bits per heavy atom. The SMILES string of the molecule is [CH](CC1CCc2ccc(OCc3ccccc3)cc2O1)c1ccc2ccccc2c1. The van der Waals surface area contributed by atoms with Crippen LogP contribution in [0.25, 0.3) is 10.8 Å². The van der Waals surface area contributed by atoms with Crippen LogP contribution in [0, 0.1) is 6.42 Å². The molecule has 1 aliphatic heterocycles. The Hall–Kier alpha value is -3.26. The zero-order chi connectivity index (χ0) is 20.2. The topological polar surface area (TPSA) is 18.5 Å². The van der Waals surface area contributed by atoms with Crippen molar-refractivity contribution in [2.75, 3.05) is 0 Å². The molecule has 1 radical (unpaired) electrons. The Morgan fingerprint density at radius 2 is 1.67 bits per heavy atom. The summed E-state index contributed by atoms with van der Waals surface area (Å²) in [6, 6.07) is 31.6. The van der Waals surface area contributed by atoms with Crippen molar-refractivity contribution in [2.45, 2.75) is 32.0 Å². The third kappa shape index (κ3) is 4.33. The summed E-state index contributed by atoms with van der Waals surface area (Å²) in [6.45, 7) is 0.568. The maximum atomic E-state index is 6.32. The molecule has 4 aromatic carbocycles. The van der Waals surface area contributed by atoms with Crippen molar-refractivity contribution in [3.8, 4) is 11.5 Å². The highest BCUT2D eigenvalue weighted by molar-refractivity contribution is 5.83. The van der Waals surface area contributed by atoms with Gasteiger partial charge in [0.25, 0.3) is 0 Å². The van der Waals surface area contributed by atoms with E-state index in [1.165, 1.54) is 27.5 Å². The number of ether oxygens (including phenoxy) is 2. The molecule has 2 heteroatoms. The molecule has 1 heterocycles. The van der Waals surface area contributed by atoms with Crippen LogP contribution in [0.15, 0.2) is 91.0 Å². The van der Waals surface area contributed by atoms with Gasteiger partial charge in [-0.1, -0.05) is 78.9 Å². The summed E-state index contributed by atoms with van der Waals surface area (Å²) >= 11 is 0. The minimum atomic E-state index is 0.202. The lowest BCUT2D eigenvalue weighted by Crippen LogP contribution is -2.22. The highest BCUT2D eigenvalue weighted by atomic mass is 16.5. The second-order valence-electron chi connectivity index (χ2n) is 7.87. The molecule has 0 saturated heterocycles. The van der Waals surface area contributed by atoms with Crippen LogP contribution in [-0.2, 0) is 13.0 Å². The van der Waals surface area contributed by atoms with Crippen molar-refractivity contribution in [3.05, 3.63) is 114 Å². The van der Waals surface area contributed by atoms with Crippen molar-refractivity contribution in [3.63, 3.8) is 0 Å². The Kier molecular flexibility index (Phi) is 5.39. The molecule has 5 rings (SSSR count). The minimum absolute atomic E-state index is 0.202. The lowest BCUT2D eigenvalue weighted by molar-refractivity contribution is 0.172. The second kappa shape index (κ2) is 8.62. The summed E-state index contributed by atoms with van der Waals surface area (Å²) in [7, 11) is 0. The molecule has 0 aliphatic carbocycles. The largest absolute Gasteiger partial charge is 0.490 e. The van der Waals surface area contributed by atoms with E-state index in [0.717, 1.165) is 30.8 Å². The van der Waals surface area contributed by atoms with Crippen molar-refractivity contribution in [1.29, 1.82) is 0 Å². The van der Waals surface area contributed by atoms with E-state index < -0.39 is 0 Å². The summed E-state index contributed by atoms with van der Waals surface area (Å²) in [4.78, 5) is 0. The average molecular weight is 394 g/mol. The van der Waals surface area contributed by atoms with E-state index in [9.17, 15) is 0 Å². The van der Waals surface area contributed by atoms with Crippen LogP contribution in [-0.4, -0.2) is 6.10 Å². The number of hydrogen-bond acceptors (Lipinski definition) is 2. The van der Waals surface area contributed by atoms with Gasteiger partial charge in [0.05, 0.1) is 6.10 Å². The number of benzene rings is 4. The predicted molar refractivity (Wildman–Crippen MR) is 122 cm³/mol. The quantitative estimate of drug-likeness (QED) is 0.360. The summed E-state index contributed by atoms with van der Waals surface area (Å²) < 4.78 is 12.3. The van der Waals surface area contributed by atoms with Crippen molar-refractivity contribution in [1.82, 2.24) is 0 Å². The standard InChI is InChI=1S/C28H25O2/c1-2-6-22(7-3-1)20-29-27-17-14-24-13-16-26(30-28(24)19-27)15-11-21-10-12-23-8-4-5-9-25(23)18-21/h1-12,14,17-19,26H,13,15-16,20H2. The van der Waals surface area contributed by atoms with Gasteiger partial charge in [-0.05, 0) is 59.2 Å². The van der Waals surface area contributed by atoms with Crippen molar-refractivity contribution < 1.29 is 9.47 Å². The molecule has 1 aliphatic rings. The first-order valence-electron chi connectivity index (χ1n) is 10.6. The van der Waals surface area contributed by atoms with Gasteiger partial charge < -0.3 is 9.47 Å². The average Bonchev–Trinajstić information content (AvgIpc) is 2.81. The van der Waals surface area contributed by atoms with Gasteiger partial charge in [-0.3, -0.25) is 0 Å². The maximum absolute atomic E-state index is 6.32. The third-order valence-electron chi connectivity index (χ3n) is 5.71. The van der Waals surface area contributed by atoms with Gasteiger partial charge in [0, 0.05) is 6.07 Å². The molecule has 0 amide bonds. The predicted octanol–water partition coefficient (Wildman–Crippen LogP) is 6.76. The highest BCUT2D eigenvalue weighted by Gasteiger charge is 2.20. The van der Waals surface area contributed by atoms with Crippen LogP contribution in [0.5, 0.6) is 11.5 Å². The highest BCUT2D eigenvalue weighted by Crippen LogP contribution is 2.33. The fourth-order valence-corrected chi connectivity index (χ4v) is 4.01. The van der Waals surface area contributed by atoms with E-state index in [1.807, 2.05) is 30.3 Å². The normalized spacial score (nSPS) is 15.4. The molecule has 2 nitrogen and oxygen atoms in total. The van der Waals surface area contributed by atoms with Gasteiger partial charge in [0.1, 0.15) is 18.1 Å². The maximum Gasteiger partial charge on any atom is 0.126 e. The molecular formula is C28H25O2. The Labute approximate surface area is 178 Å². The van der Waals surface area contributed by atoms with Gasteiger partial charge in [0.2, 0.25) is 0 Å². The Balaban J connectivity index is 1.21. The number of fused-ring (bicyclic) bond motifs is 2. The summed E-state index contributed by atoms with van der Waals surface area (Å²) in [5, 5.41) is 2.56. The second-order valence-corrected chi connectivity index (χ2v) is 7.87. The van der Waals surface area contributed by atoms with Gasteiger partial charge in [-0.25, -0.2) is 0 Å². The third-order valence-corrected chi connectivity index (χ3v) is 5.71. The zero-order valence-electron chi connectivity index (χ0n) is 17.0. The van der Waals surface area contributed by atoms with Crippen LogP contribution >= 0.6 is 0 Å². The lowest BCUT2D eigenvalue weighted by Gasteiger charge is -2.26. The lowest BCUT2D eigenvalue weighted by atomic mass is 9.97. The van der Waals surface area contributed by atoms with E-state index in [4.69, 9.17) is 9.47 Å². The molecule has 0 N–H and O–H groups in total. The number of aryl methyl sites for hydroxylation is 1. The van der Waals surface area contributed by atoms with E-state index in [2.05, 4.69) is 67.1 Å². The number of rotatable bonds is 6. The monoisotopic (exact) mass is 393 g/mol. The van der Waals surface area contributed by atoms with Crippen LogP contribution in [0.2, 0.25) is 0 Å². The molecular weight excluding hydrogens is 368 g/mol. The van der Waals surface area contributed by atoms with Crippen LogP contribution in [0.3, 0.4) is 0 Å². The first-order chi connectivity index (χ1) is 14.8. The molecule has 149 valence electrons. The summed E-state index contributed by atoms with van der Waals surface area (Å²) in [6.07, 6.45) is 5.49. The molecule has 1 unspecified atom stereocenters. The van der Waals surface area contributed by atoms with E-state index >= 15 is 0 Å². The molecule has 1 atom stereocenters. The van der Waals surface area contributed by atoms with E-state index in [0.29, 0.717) is 6.61 Å². The molecule has 0 spiro atoms. The first-order valence-corrected chi connectivity index (χ1v) is 10.6. The minimum Gasteiger partial charge on any atom is -0.490 e. The molecule has 30 heavy (non-hydrogen) atoms. The van der Waals surface area contributed by atoms with Crippen molar-refractivity contribution in [2.24, 2.45) is 0 Å². The first kappa shape index (κ1) is 18.7. The molecule has 0 fully saturated rings. The van der Waals surface area contributed by atoms with Crippen molar-refractivity contribution >= 4 is 10.8 Å². The van der Waals surface area contributed by atoms with Gasteiger partial charge in [-0.2, -0.15) is 0 Å². The molecule has 0 saturated carbocycles. The Morgan fingerprint density at radius 1 is 0.833 bits per heavy atom. The molecule has 4 aromatic rings. The van der Waals surface area contributed by atoms with Crippen LogP contribution in [0.4, 0.5) is 0 Å². The Bertz CT molecular complexity index is 1130. The van der Waals surface area contributed by atoms with Gasteiger partial charge >= 0.3 is 0 Å². The van der Waals surface area contributed by atoms with Gasteiger partial charge in [-0.15, -0.1) is 0 Å². The summed E-state index contributed by atoms with van der Waals surface area (Å²) in [5.74, 6) is 1.82. The van der Waals surface area contributed by atoms with Gasteiger partial charge in [0.15, 0.2) is 0 Å².